The smallest absolute Gasteiger partial charge is 0.154 e. The number of rotatable bonds is 1. The zero-order valence-electron chi connectivity index (χ0n) is 9.60. The maximum absolute atomic E-state index is 5.35. The number of hydrogen-bond donors (Lipinski definition) is 2. The van der Waals surface area contributed by atoms with Crippen molar-refractivity contribution in [3.63, 3.8) is 0 Å². The Balaban J connectivity index is 2.11. The van der Waals surface area contributed by atoms with Crippen LogP contribution >= 0.6 is 0 Å². The van der Waals surface area contributed by atoms with E-state index >= 15 is 0 Å². The Kier molecular flexibility index (Phi) is 2.60. The number of benzene rings is 1. The quantitative estimate of drug-likeness (QED) is 0.637. The molecule has 0 bridgehead atoms. The van der Waals surface area contributed by atoms with Crippen molar-refractivity contribution >= 4 is 10.9 Å². The number of nitrogens with zero attached hydrogens (tertiary/aromatic N) is 1. The molecule has 18 heavy (non-hydrogen) atoms. The Bertz CT molecular complexity index is 729. The van der Waals surface area contributed by atoms with E-state index in [1.54, 1.807) is 6.26 Å². The molecule has 0 radical (unpaired) electrons. The van der Waals surface area contributed by atoms with E-state index in [1.165, 1.54) is 0 Å². The summed E-state index contributed by atoms with van der Waals surface area (Å²) < 4.78 is 5.35. The number of H-pyrrole nitrogens is 1. The van der Waals surface area contributed by atoms with E-state index < -0.39 is 0 Å². The van der Waals surface area contributed by atoms with Crippen LogP contribution in [0.3, 0.4) is 0 Å². The van der Waals surface area contributed by atoms with Gasteiger partial charge in [-0.3, -0.25) is 5.10 Å². The van der Waals surface area contributed by atoms with E-state index in [9.17, 15) is 0 Å². The molecule has 0 atom stereocenters. The van der Waals surface area contributed by atoms with Crippen LogP contribution in [0.25, 0.3) is 22.4 Å². The summed E-state index contributed by atoms with van der Waals surface area (Å²) in [4.78, 5) is 0. The van der Waals surface area contributed by atoms with Gasteiger partial charge in [0, 0.05) is 10.9 Å². The molecule has 0 aliphatic heterocycles. The standard InChI is InChI=1S/C14H11N3O/c15-7-1-3-10-5-6-11-12(9-10)16-17-14(11)13-4-2-8-18-13/h2,4-6,8-9H,7,15H2,(H,16,17). The fourth-order valence-electron chi connectivity index (χ4n) is 1.85. The Morgan fingerprint density at radius 2 is 2.28 bits per heavy atom. The molecule has 0 spiro atoms. The Morgan fingerprint density at radius 1 is 1.33 bits per heavy atom. The van der Waals surface area contributed by atoms with Gasteiger partial charge in [0.15, 0.2) is 5.76 Å². The lowest BCUT2D eigenvalue weighted by atomic mass is 10.1. The van der Waals surface area contributed by atoms with Crippen LogP contribution in [0.15, 0.2) is 41.0 Å². The highest BCUT2D eigenvalue weighted by Gasteiger charge is 2.10. The van der Waals surface area contributed by atoms with Gasteiger partial charge >= 0.3 is 0 Å². The second kappa shape index (κ2) is 4.40. The minimum absolute atomic E-state index is 0.360. The van der Waals surface area contributed by atoms with Crippen LogP contribution < -0.4 is 5.73 Å². The molecule has 0 saturated heterocycles. The van der Waals surface area contributed by atoms with Crippen LogP contribution in [0.4, 0.5) is 0 Å². The maximum Gasteiger partial charge on any atom is 0.154 e. The molecule has 4 nitrogen and oxygen atoms in total. The average Bonchev–Trinajstić information content (AvgIpc) is 3.04. The van der Waals surface area contributed by atoms with Gasteiger partial charge in [0.25, 0.3) is 0 Å². The molecule has 88 valence electrons. The van der Waals surface area contributed by atoms with Crippen LogP contribution in [0.5, 0.6) is 0 Å². The molecule has 0 aliphatic rings. The molecule has 1 aromatic carbocycles. The van der Waals surface area contributed by atoms with Crippen molar-refractivity contribution in [2.45, 2.75) is 0 Å². The first-order valence-electron chi connectivity index (χ1n) is 5.59. The van der Waals surface area contributed by atoms with Crippen molar-refractivity contribution in [1.82, 2.24) is 10.2 Å². The van der Waals surface area contributed by atoms with E-state index in [0.717, 1.165) is 27.9 Å². The first kappa shape index (κ1) is 10.6. The van der Waals surface area contributed by atoms with Crippen LogP contribution in [0.1, 0.15) is 5.56 Å². The van der Waals surface area contributed by atoms with E-state index in [4.69, 9.17) is 10.2 Å². The monoisotopic (exact) mass is 237 g/mol. The number of nitrogens with two attached hydrogens (primary N) is 1. The predicted molar refractivity (Wildman–Crippen MR) is 69.7 cm³/mol. The van der Waals surface area contributed by atoms with Crippen LogP contribution in [0.2, 0.25) is 0 Å². The minimum atomic E-state index is 0.360. The lowest BCUT2D eigenvalue weighted by Gasteiger charge is -1.93. The molecule has 3 N–H and O–H groups in total. The number of aromatic amines is 1. The van der Waals surface area contributed by atoms with E-state index in [-0.39, 0.29) is 0 Å². The minimum Gasteiger partial charge on any atom is -0.463 e. The number of nitrogens with one attached hydrogen (secondary N) is 1. The normalized spacial score (nSPS) is 10.3. The number of aromatic nitrogens is 2. The van der Waals surface area contributed by atoms with Gasteiger partial charge in [0.1, 0.15) is 5.69 Å². The lowest BCUT2D eigenvalue weighted by Crippen LogP contribution is -1.92. The third-order valence-electron chi connectivity index (χ3n) is 2.65. The summed E-state index contributed by atoms with van der Waals surface area (Å²) in [5, 5.41) is 8.27. The molecular formula is C14H11N3O. The van der Waals surface area contributed by atoms with Crippen molar-refractivity contribution in [3.05, 3.63) is 42.2 Å². The highest BCUT2D eigenvalue weighted by Crippen LogP contribution is 2.26. The highest BCUT2D eigenvalue weighted by molar-refractivity contribution is 5.92. The summed E-state index contributed by atoms with van der Waals surface area (Å²) in [6.45, 7) is 0.360. The molecule has 4 heteroatoms. The zero-order chi connectivity index (χ0) is 12.4. The fourth-order valence-corrected chi connectivity index (χ4v) is 1.85. The summed E-state index contributed by atoms with van der Waals surface area (Å²) >= 11 is 0. The molecule has 0 unspecified atom stereocenters. The van der Waals surface area contributed by atoms with Crippen LogP contribution in [-0.4, -0.2) is 16.7 Å². The summed E-state index contributed by atoms with van der Waals surface area (Å²) in [6, 6.07) is 9.62. The van der Waals surface area contributed by atoms with Crippen molar-refractivity contribution in [1.29, 1.82) is 0 Å². The van der Waals surface area contributed by atoms with Crippen molar-refractivity contribution < 1.29 is 4.42 Å². The lowest BCUT2D eigenvalue weighted by molar-refractivity contribution is 0.580. The van der Waals surface area contributed by atoms with Crippen molar-refractivity contribution in [2.24, 2.45) is 5.73 Å². The van der Waals surface area contributed by atoms with Gasteiger partial charge in [-0.15, -0.1) is 0 Å². The number of fused-ring (bicyclic) bond motifs is 1. The Morgan fingerprint density at radius 3 is 3.06 bits per heavy atom. The van der Waals surface area contributed by atoms with Crippen LogP contribution in [-0.2, 0) is 0 Å². The molecular weight excluding hydrogens is 226 g/mol. The first-order chi connectivity index (χ1) is 8.88. The van der Waals surface area contributed by atoms with Gasteiger partial charge in [-0.1, -0.05) is 11.8 Å². The molecule has 3 rings (SSSR count). The molecule has 2 aromatic heterocycles. The fraction of sp³-hybridized carbons (Fsp3) is 0.0714. The topological polar surface area (TPSA) is 67.8 Å². The molecule has 0 amide bonds. The number of furan rings is 1. The summed E-state index contributed by atoms with van der Waals surface area (Å²) in [5.74, 6) is 6.57. The predicted octanol–water partition coefficient (Wildman–Crippen LogP) is 2.13. The van der Waals surface area contributed by atoms with Gasteiger partial charge in [-0.05, 0) is 30.3 Å². The van der Waals surface area contributed by atoms with Crippen LogP contribution in [0, 0.1) is 11.8 Å². The van der Waals surface area contributed by atoms with Gasteiger partial charge in [0.2, 0.25) is 0 Å². The second-order valence-corrected chi connectivity index (χ2v) is 3.82. The molecule has 3 aromatic rings. The third kappa shape index (κ3) is 1.77. The molecule has 0 fully saturated rings. The molecule has 0 aliphatic carbocycles. The summed E-state index contributed by atoms with van der Waals surface area (Å²) in [6.07, 6.45) is 1.64. The summed E-state index contributed by atoms with van der Waals surface area (Å²) in [7, 11) is 0. The number of hydrogen-bond acceptors (Lipinski definition) is 3. The van der Waals surface area contributed by atoms with Crippen molar-refractivity contribution in [3.8, 4) is 23.3 Å². The third-order valence-corrected chi connectivity index (χ3v) is 2.65. The van der Waals surface area contributed by atoms with Crippen molar-refractivity contribution in [2.75, 3.05) is 6.54 Å². The molecule has 2 heterocycles. The van der Waals surface area contributed by atoms with Gasteiger partial charge in [0.05, 0.1) is 18.3 Å². The molecule has 0 saturated carbocycles. The maximum atomic E-state index is 5.35. The van der Waals surface area contributed by atoms with Gasteiger partial charge in [-0.2, -0.15) is 5.10 Å². The highest BCUT2D eigenvalue weighted by atomic mass is 16.3. The Hall–Kier alpha value is -2.51. The van der Waals surface area contributed by atoms with E-state index in [0.29, 0.717) is 6.54 Å². The SMILES string of the molecule is NCC#Cc1ccc2c(-c3ccco3)n[nH]c2c1. The van der Waals surface area contributed by atoms with Gasteiger partial charge in [-0.25, -0.2) is 0 Å². The average molecular weight is 237 g/mol. The summed E-state index contributed by atoms with van der Waals surface area (Å²) in [5.41, 5.74) is 8.02. The second-order valence-electron chi connectivity index (χ2n) is 3.82. The van der Waals surface area contributed by atoms with E-state index in [1.807, 2.05) is 30.3 Å². The largest absolute Gasteiger partial charge is 0.463 e. The van der Waals surface area contributed by atoms with E-state index in [2.05, 4.69) is 22.0 Å². The first-order valence-corrected chi connectivity index (χ1v) is 5.59. The zero-order valence-corrected chi connectivity index (χ0v) is 9.60. The Labute approximate surface area is 104 Å². The van der Waals surface area contributed by atoms with Gasteiger partial charge < -0.3 is 10.2 Å².